The summed E-state index contributed by atoms with van der Waals surface area (Å²) in [7, 11) is 1.88. The largest absolute Gasteiger partial charge is 0.459 e. The molecule has 6 nitrogen and oxygen atoms in total. The van der Waals surface area contributed by atoms with Crippen molar-refractivity contribution in [3.8, 4) is 0 Å². The maximum Gasteiger partial charge on any atom is 0.239 e. The van der Waals surface area contributed by atoms with Gasteiger partial charge in [0.05, 0.1) is 12.6 Å². The molecule has 23 heavy (non-hydrogen) atoms. The number of anilines is 1. The van der Waals surface area contributed by atoms with E-state index >= 15 is 0 Å². The number of carbonyl (C=O) groups is 1. The maximum absolute atomic E-state index is 12.1. The summed E-state index contributed by atoms with van der Waals surface area (Å²) in [4.78, 5) is 14.0. The van der Waals surface area contributed by atoms with E-state index in [2.05, 4.69) is 10.5 Å². The summed E-state index contributed by atoms with van der Waals surface area (Å²) in [6.07, 6.45) is 0. The first-order chi connectivity index (χ1) is 11.0. The number of hydrogen-bond acceptors (Lipinski definition) is 5. The van der Waals surface area contributed by atoms with Crippen LogP contribution in [0.15, 0.2) is 45.3 Å². The van der Waals surface area contributed by atoms with Gasteiger partial charge in [-0.05, 0) is 33.0 Å². The number of carbonyl (C=O) groups excluding carboxylic acids is 1. The number of amides is 1. The minimum Gasteiger partial charge on any atom is -0.459 e. The van der Waals surface area contributed by atoms with Crippen LogP contribution in [0.4, 0.5) is 5.82 Å². The number of fused-ring (bicyclic) bond motifs is 1. The molecule has 1 aromatic carbocycles. The third kappa shape index (κ3) is 3.43. The molecule has 0 aliphatic carbocycles. The molecule has 0 spiro atoms. The first-order valence-corrected chi connectivity index (χ1v) is 7.45. The molecule has 1 atom stereocenters. The van der Waals surface area contributed by atoms with Crippen LogP contribution in [0.25, 0.3) is 11.0 Å². The molecular weight excluding hydrogens is 294 g/mol. The van der Waals surface area contributed by atoms with Crippen molar-refractivity contribution in [1.29, 1.82) is 0 Å². The lowest BCUT2D eigenvalue weighted by atomic mass is 10.2. The van der Waals surface area contributed by atoms with Gasteiger partial charge < -0.3 is 14.3 Å². The van der Waals surface area contributed by atoms with Gasteiger partial charge in [-0.25, -0.2) is 0 Å². The molecule has 0 aliphatic heterocycles. The Hall–Kier alpha value is -2.60. The smallest absolute Gasteiger partial charge is 0.239 e. The number of aromatic nitrogens is 1. The molecule has 1 N–H and O–H groups in total. The van der Waals surface area contributed by atoms with Gasteiger partial charge in [-0.1, -0.05) is 23.4 Å². The molecule has 3 rings (SSSR count). The molecule has 2 aromatic heterocycles. The normalized spacial score (nSPS) is 12.7. The van der Waals surface area contributed by atoms with Crippen molar-refractivity contribution in [2.45, 2.75) is 19.9 Å². The van der Waals surface area contributed by atoms with Crippen LogP contribution < -0.4 is 5.32 Å². The zero-order valence-electron chi connectivity index (χ0n) is 13.4. The topological polar surface area (TPSA) is 71.5 Å². The van der Waals surface area contributed by atoms with Crippen LogP contribution >= 0.6 is 0 Å². The Bertz CT molecular complexity index is 788. The Morgan fingerprint density at radius 1 is 1.35 bits per heavy atom. The SMILES string of the molecule is Cc1cc(NC(=O)CN(C)C(C)c2cc3ccccc3o2)no1. The van der Waals surface area contributed by atoms with E-state index in [-0.39, 0.29) is 18.5 Å². The second-order valence-corrected chi connectivity index (χ2v) is 5.65. The lowest BCUT2D eigenvalue weighted by Gasteiger charge is -2.21. The van der Waals surface area contributed by atoms with Crippen LogP contribution in [0.5, 0.6) is 0 Å². The number of hydrogen-bond donors (Lipinski definition) is 1. The number of nitrogens with one attached hydrogen (secondary N) is 1. The molecule has 0 bridgehead atoms. The van der Waals surface area contributed by atoms with Crippen molar-refractivity contribution in [3.05, 3.63) is 47.9 Å². The highest BCUT2D eigenvalue weighted by Crippen LogP contribution is 2.26. The summed E-state index contributed by atoms with van der Waals surface area (Å²) in [5, 5.41) is 7.52. The molecule has 1 unspecified atom stereocenters. The van der Waals surface area contributed by atoms with E-state index in [0.29, 0.717) is 11.6 Å². The Morgan fingerprint density at radius 2 is 2.13 bits per heavy atom. The van der Waals surface area contributed by atoms with Crippen LogP contribution in [-0.2, 0) is 4.79 Å². The molecule has 0 aliphatic rings. The van der Waals surface area contributed by atoms with Gasteiger partial charge in [0.15, 0.2) is 5.82 Å². The van der Waals surface area contributed by atoms with Crippen LogP contribution in [0.3, 0.4) is 0 Å². The fraction of sp³-hybridized carbons (Fsp3) is 0.294. The van der Waals surface area contributed by atoms with E-state index in [4.69, 9.17) is 8.94 Å². The Labute approximate surface area is 134 Å². The first kappa shape index (κ1) is 15.3. The summed E-state index contributed by atoms with van der Waals surface area (Å²) in [6, 6.07) is 11.5. The quantitative estimate of drug-likeness (QED) is 0.782. The van der Waals surface area contributed by atoms with Gasteiger partial charge in [0, 0.05) is 11.5 Å². The number of nitrogens with zero attached hydrogens (tertiary/aromatic N) is 2. The summed E-state index contributed by atoms with van der Waals surface area (Å²) in [5.74, 6) is 1.77. The van der Waals surface area contributed by atoms with E-state index in [1.165, 1.54) is 0 Å². The molecule has 0 radical (unpaired) electrons. The molecular formula is C17H19N3O3. The van der Waals surface area contributed by atoms with E-state index in [1.807, 2.05) is 49.2 Å². The predicted octanol–water partition coefficient (Wildman–Crippen LogP) is 3.36. The van der Waals surface area contributed by atoms with Crippen molar-refractivity contribution in [2.24, 2.45) is 0 Å². The Balaban J connectivity index is 1.64. The standard InChI is InChI=1S/C17H19N3O3/c1-11-8-16(19-23-11)18-17(21)10-20(3)12(2)15-9-13-6-4-5-7-14(13)22-15/h4-9,12H,10H2,1-3H3,(H,18,19,21). The van der Waals surface area contributed by atoms with E-state index < -0.39 is 0 Å². The molecule has 6 heteroatoms. The van der Waals surface area contributed by atoms with Gasteiger partial charge in [-0.2, -0.15) is 0 Å². The summed E-state index contributed by atoms with van der Waals surface area (Å²) < 4.78 is 10.8. The molecule has 0 saturated carbocycles. The second-order valence-electron chi connectivity index (χ2n) is 5.65. The fourth-order valence-corrected chi connectivity index (χ4v) is 2.40. The van der Waals surface area contributed by atoms with Crippen LogP contribution in [0.1, 0.15) is 24.5 Å². The molecule has 120 valence electrons. The van der Waals surface area contributed by atoms with Crippen LogP contribution in [-0.4, -0.2) is 29.6 Å². The van der Waals surface area contributed by atoms with Gasteiger partial charge in [0.25, 0.3) is 0 Å². The fourth-order valence-electron chi connectivity index (χ4n) is 2.40. The monoisotopic (exact) mass is 313 g/mol. The Kier molecular flexibility index (Phi) is 4.16. The highest BCUT2D eigenvalue weighted by molar-refractivity contribution is 5.91. The van der Waals surface area contributed by atoms with E-state index in [9.17, 15) is 4.79 Å². The van der Waals surface area contributed by atoms with Crippen molar-refractivity contribution in [1.82, 2.24) is 10.1 Å². The van der Waals surface area contributed by atoms with E-state index in [1.54, 1.807) is 13.0 Å². The maximum atomic E-state index is 12.1. The summed E-state index contributed by atoms with van der Waals surface area (Å²) in [6.45, 7) is 4.01. The average molecular weight is 313 g/mol. The number of likely N-dealkylation sites (N-methyl/N-ethyl adjacent to an activating group) is 1. The average Bonchev–Trinajstić information content (AvgIpc) is 3.12. The highest BCUT2D eigenvalue weighted by atomic mass is 16.5. The van der Waals surface area contributed by atoms with Crippen LogP contribution in [0.2, 0.25) is 0 Å². The Morgan fingerprint density at radius 3 is 2.83 bits per heavy atom. The number of benzene rings is 1. The zero-order chi connectivity index (χ0) is 16.4. The van der Waals surface area contributed by atoms with Gasteiger partial charge in [0.1, 0.15) is 17.1 Å². The minimum absolute atomic E-state index is 0.0211. The number of para-hydroxylation sites is 1. The summed E-state index contributed by atoms with van der Waals surface area (Å²) >= 11 is 0. The number of rotatable bonds is 5. The lowest BCUT2D eigenvalue weighted by molar-refractivity contribution is -0.117. The summed E-state index contributed by atoms with van der Waals surface area (Å²) in [5.41, 5.74) is 0.852. The molecule has 0 saturated heterocycles. The number of aryl methyl sites for hydroxylation is 1. The van der Waals surface area contributed by atoms with Crippen molar-refractivity contribution < 1.29 is 13.7 Å². The minimum atomic E-state index is -0.149. The number of furan rings is 1. The molecule has 0 fully saturated rings. The van der Waals surface area contributed by atoms with Crippen molar-refractivity contribution in [2.75, 3.05) is 18.9 Å². The molecule has 1 amide bonds. The van der Waals surface area contributed by atoms with Gasteiger partial charge in [-0.3, -0.25) is 9.69 Å². The first-order valence-electron chi connectivity index (χ1n) is 7.45. The second kappa shape index (κ2) is 6.26. The van der Waals surface area contributed by atoms with Crippen molar-refractivity contribution >= 4 is 22.7 Å². The van der Waals surface area contributed by atoms with Gasteiger partial charge in [0.2, 0.25) is 5.91 Å². The third-order valence-corrected chi connectivity index (χ3v) is 3.81. The van der Waals surface area contributed by atoms with Gasteiger partial charge in [-0.15, -0.1) is 0 Å². The predicted molar refractivity (Wildman–Crippen MR) is 87.1 cm³/mol. The van der Waals surface area contributed by atoms with Crippen molar-refractivity contribution in [3.63, 3.8) is 0 Å². The third-order valence-electron chi connectivity index (χ3n) is 3.81. The zero-order valence-corrected chi connectivity index (χ0v) is 13.4. The molecule has 2 heterocycles. The highest BCUT2D eigenvalue weighted by Gasteiger charge is 2.19. The lowest BCUT2D eigenvalue weighted by Crippen LogP contribution is -2.32. The van der Waals surface area contributed by atoms with E-state index in [0.717, 1.165) is 16.7 Å². The van der Waals surface area contributed by atoms with Gasteiger partial charge >= 0.3 is 0 Å². The molecule has 3 aromatic rings. The van der Waals surface area contributed by atoms with Crippen LogP contribution in [0, 0.1) is 6.92 Å².